The summed E-state index contributed by atoms with van der Waals surface area (Å²) in [5, 5.41) is 4.04. The van der Waals surface area contributed by atoms with Crippen molar-refractivity contribution in [3.8, 4) is 11.4 Å². The average molecular weight is 364 g/mol. The maximum Gasteiger partial charge on any atom is 0.245 e. The van der Waals surface area contributed by atoms with E-state index in [9.17, 15) is 8.42 Å². The molecule has 1 aliphatic rings. The van der Waals surface area contributed by atoms with E-state index in [-0.39, 0.29) is 11.8 Å². The molecule has 3 rings (SSSR count). The van der Waals surface area contributed by atoms with E-state index in [0.29, 0.717) is 37.6 Å². The Bertz CT molecular complexity index is 802. The zero-order valence-corrected chi connectivity index (χ0v) is 15.2. The summed E-state index contributed by atoms with van der Waals surface area (Å²) in [7, 11) is -3.30. The van der Waals surface area contributed by atoms with Crippen molar-refractivity contribution in [1.82, 2.24) is 14.4 Å². The zero-order valence-electron chi connectivity index (χ0n) is 14.4. The van der Waals surface area contributed by atoms with Crippen LogP contribution in [0.4, 0.5) is 0 Å². The standard InChI is InChI=1S/C17H24N4O3S/c1-2-11-25(22,23)21-10-4-3-5-15(21)17-19-16(20-24-17)14-8-6-13(12-18)7-9-14/h6-9,15H,2-5,10-12,18H2,1H3. The van der Waals surface area contributed by atoms with Crippen LogP contribution in [-0.2, 0) is 16.6 Å². The molecule has 1 aliphatic heterocycles. The van der Waals surface area contributed by atoms with E-state index in [4.69, 9.17) is 10.3 Å². The SMILES string of the molecule is CCCS(=O)(=O)N1CCCCC1c1nc(-c2ccc(CN)cc2)no1. The highest BCUT2D eigenvalue weighted by Gasteiger charge is 2.36. The van der Waals surface area contributed by atoms with Crippen LogP contribution in [0.5, 0.6) is 0 Å². The van der Waals surface area contributed by atoms with E-state index >= 15 is 0 Å². The van der Waals surface area contributed by atoms with Gasteiger partial charge in [-0.1, -0.05) is 42.8 Å². The Kier molecular flexibility index (Phi) is 5.51. The van der Waals surface area contributed by atoms with Crippen LogP contribution in [0.2, 0.25) is 0 Å². The number of rotatable bonds is 6. The molecular weight excluding hydrogens is 340 g/mol. The molecule has 1 unspecified atom stereocenters. The summed E-state index contributed by atoms with van der Waals surface area (Å²) in [5.74, 6) is 0.986. The molecule has 0 bridgehead atoms. The maximum absolute atomic E-state index is 12.5. The lowest BCUT2D eigenvalue weighted by molar-refractivity contribution is 0.204. The van der Waals surface area contributed by atoms with E-state index in [2.05, 4.69) is 10.1 Å². The van der Waals surface area contributed by atoms with Crippen molar-refractivity contribution in [3.05, 3.63) is 35.7 Å². The van der Waals surface area contributed by atoms with Crippen LogP contribution in [0.3, 0.4) is 0 Å². The normalized spacial score (nSPS) is 19.2. The number of hydrogen-bond donors (Lipinski definition) is 1. The second kappa shape index (κ2) is 7.63. The molecule has 2 heterocycles. The van der Waals surface area contributed by atoms with Gasteiger partial charge in [-0.25, -0.2) is 8.42 Å². The van der Waals surface area contributed by atoms with Gasteiger partial charge in [-0.2, -0.15) is 9.29 Å². The maximum atomic E-state index is 12.5. The minimum atomic E-state index is -3.30. The summed E-state index contributed by atoms with van der Waals surface area (Å²) in [4.78, 5) is 4.47. The van der Waals surface area contributed by atoms with Gasteiger partial charge >= 0.3 is 0 Å². The molecule has 25 heavy (non-hydrogen) atoms. The molecule has 1 fully saturated rings. The second-order valence-electron chi connectivity index (χ2n) is 6.30. The third kappa shape index (κ3) is 3.91. The first-order valence-electron chi connectivity index (χ1n) is 8.67. The van der Waals surface area contributed by atoms with E-state index in [0.717, 1.165) is 24.0 Å². The Balaban J connectivity index is 1.86. The molecule has 2 N–H and O–H groups in total. The summed E-state index contributed by atoms with van der Waals surface area (Å²) < 4.78 is 32.0. The van der Waals surface area contributed by atoms with Gasteiger partial charge in [-0.3, -0.25) is 0 Å². The highest BCUT2D eigenvalue weighted by Crippen LogP contribution is 2.33. The summed E-state index contributed by atoms with van der Waals surface area (Å²) in [6.45, 7) is 2.85. The summed E-state index contributed by atoms with van der Waals surface area (Å²) in [6.07, 6.45) is 3.11. The van der Waals surface area contributed by atoms with Crippen LogP contribution in [0.1, 0.15) is 50.1 Å². The van der Waals surface area contributed by atoms with Gasteiger partial charge in [0, 0.05) is 18.7 Å². The monoisotopic (exact) mass is 364 g/mol. The van der Waals surface area contributed by atoms with E-state index in [1.807, 2.05) is 31.2 Å². The fourth-order valence-corrected chi connectivity index (χ4v) is 4.88. The summed E-state index contributed by atoms with van der Waals surface area (Å²) in [5.41, 5.74) is 7.46. The number of nitrogens with two attached hydrogens (primary N) is 1. The Labute approximate surface area is 148 Å². The zero-order chi connectivity index (χ0) is 17.9. The third-order valence-corrected chi connectivity index (χ3v) is 6.52. The number of piperidine rings is 1. The van der Waals surface area contributed by atoms with Crippen LogP contribution in [0, 0.1) is 0 Å². The van der Waals surface area contributed by atoms with Crippen LogP contribution in [0.15, 0.2) is 28.8 Å². The fraction of sp³-hybridized carbons (Fsp3) is 0.529. The molecular formula is C17H24N4O3S. The third-order valence-electron chi connectivity index (χ3n) is 4.45. The van der Waals surface area contributed by atoms with Crippen LogP contribution >= 0.6 is 0 Å². The van der Waals surface area contributed by atoms with Crippen molar-refractivity contribution < 1.29 is 12.9 Å². The lowest BCUT2D eigenvalue weighted by Gasteiger charge is -2.32. The Morgan fingerprint density at radius 2 is 2.04 bits per heavy atom. The van der Waals surface area contributed by atoms with Crippen LogP contribution < -0.4 is 5.73 Å². The molecule has 1 atom stereocenters. The Morgan fingerprint density at radius 1 is 1.28 bits per heavy atom. The van der Waals surface area contributed by atoms with Gasteiger partial charge in [0.05, 0.1) is 5.75 Å². The first kappa shape index (κ1) is 18.0. The quantitative estimate of drug-likeness (QED) is 0.845. The number of nitrogens with zero attached hydrogens (tertiary/aromatic N) is 3. The average Bonchev–Trinajstić information content (AvgIpc) is 3.12. The van der Waals surface area contributed by atoms with Crippen LogP contribution in [-0.4, -0.2) is 35.2 Å². The number of hydrogen-bond acceptors (Lipinski definition) is 6. The largest absolute Gasteiger partial charge is 0.337 e. The van der Waals surface area contributed by atoms with E-state index in [1.165, 1.54) is 4.31 Å². The predicted octanol–water partition coefficient (Wildman–Crippen LogP) is 2.46. The number of benzene rings is 1. The first-order valence-corrected chi connectivity index (χ1v) is 10.3. The highest BCUT2D eigenvalue weighted by atomic mass is 32.2. The van der Waals surface area contributed by atoms with Gasteiger partial charge in [-0.05, 0) is 24.8 Å². The highest BCUT2D eigenvalue weighted by molar-refractivity contribution is 7.89. The van der Waals surface area contributed by atoms with Crippen molar-refractivity contribution in [2.45, 2.75) is 45.2 Å². The molecule has 8 heteroatoms. The fourth-order valence-electron chi connectivity index (χ4n) is 3.14. The molecule has 0 saturated carbocycles. The molecule has 0 amide bonds. The lowest BCUT2D eigenvalue weighted by Crippen LogP contribution is -2.39. The molecule has 1 aromatic heterocycles. The van der Waals surface area contributed by atoms with Crippen LogP contribution in [0.25, 0.3) is 11.4 Å². The minimum absolute atomic E-state index is 0.144. The van der Waals surface area contributed by atoms with Gasteiger partial charge in [-0.15, -0.1) is 0 Å². The molecule has 1 aromatic carbocycles. The molecule has 1 saturated heterocycles. The summed E-state index contributed by atoms with van der Waals surface area (Å²) >= 11 is 0. The van der Waals surface area contributed by atoms with Crippen molar-refractivity contribution in [2.75, 3.05) is 12.3 Å². The second-order valence-corrected chi connectivity index (χ2v) is 8.34. The van der Waals surface area contributed by atoms with Gasteiger partial charge in [0.15, 0.2) is 0 Å². The molecule has 0 radical (unpaired) electrons. The van der Waals surface area contributed by atoms with Crippen molar-refractivity contribution in [2.24, 2.45) is 5.73 Å². The van der Waals surface area contributed by atoms with E-state index in [1.54, 1.807) is 0 Å². The van der Waals surface area contributed by atoms with Gasteiger partial charge in [0.25, 0.3) is 0 Å². The van der Waals surface area contributed by atoms with Crippen molar-refractivity contribution >= 4 is 10.0 Å². The van der Waals surface area contributed by atoms with Gasteiger partial charge in [0.1, 0.15) is 6.04 Å². The van der Waals surface area contributed by atoms with Gasteiger partial charge in [0.2, 0.25) is 21.7 Å². The Morgan fingerprint density at radius 3 is 2.72 bits per heavy atom. The topological polar surface area (TPSA) is 102 Å². The molecule has 2 aromatic rings. The lowest BCUT2D eigenvalue weighted by atomic mass is 10.1. The predicted molar refractivity (Wildman–Crippen MR) is 95.0 cm³/mol. The van der Waals surface area contributed by atoms with Crippen molar-refractivity contribution in [1.29, 1.82) is 0 Å². The first-order chi connectivity index (χ1) is 12.0. The molecule has 7 nitrogen and oxygen atoms in total. The number of sulfonamides is 1. The Hall–Kier alpha value is -1.77. The van der Waals surface area contributed by atoms with Gasteiger partial charge < -0.3 is 10.3 Å². The molecule has 136 valence electrons. The molecule has 0 aliphatic carbocycles. The van der Waals surface area contributed by atoms with E-state index < -0.39 is 10.0 Å². The van der Waals surface area contributed by atoms with Crippen molar-refractivity contribution in [3.63, 3.8) is 0 Å². The summed E-state index contributed by atoms with van der Waals surface area (Å²) in [6, 6.07) is 7.26. The smallest absolute Gasteiger partial charge is 0.245 e. The number of aromatic nitrogens is 2. The molecule has 0 spiro atoms. The minimum Gasteiger partial charge on any atom is -0.337 e.